The number of aliphatic hydroxyl groups is 2. The molecular weight excluding hydrogens is 267 g/mol. The van der Waals surface area contributed by atoms with Gasteiger partial charge in [-0.2, -0.15) is 0 Å². The fraction of sp³-hybridized carbons (Fsp3) is 1.00. The molecule has 0 saturated carbocycles. The quantitative estimate of drug-likeness (QED) is 0.329. The molecule has 0 aliphatic heterocycles. The van der Waals surface area contributed by atoms with Crippen LogP contribution in [0, 0.1) is 0 Å². The van der Waals surface area contributed by atoms with Crippen LogP contribution < -0.4 is 0 Å². The number of aliphatic hydroxyl groups excluding tert-OH is 2. The Morgan fingerprint density at radius 3 is 1.33 bits per heavy atom. The van der Waals surface area contributed by atoms with E-state index in [1.165, 1.54) is 7.11 Å². The second-order valence-corrected chi connectivity index (χ2v) is 3.69. The van der Waals surface area contributed by atoms with Gasteiger partial charge in [-0.15, -0.1) is 0 Å². The summed E-state index contributed by atoms with van der Waals surface area (Å²) in [4.78, 5) is 7.69. The van der Waals surface area contributed by atoms with Crippen LogP contribution in [0.2, 0.25) is 0 Å². The van der Waals surface area contributed by atoms with Gasteiger partial charge in [0.05, 0.1) is 52.9 Å². The minimum absolute atomic E-state index is 0.0413. The van der Waals surface area contributed by atoms with E-state index in [0.29, 0.717) is 39.6 Å². The highest BCUT2D eigenvalue weighted by Crippen LogP contribution is 2.09. The Morgan fingerprint density at radius 1 is 0.833 bits per heavy atom. The van der Waals surface area contributed by atoms with E-state index in [9.17, 15) is 4.57 Å². The topological polar surface area (TPSA) is 115 Å². The molecular formula is C9H23O8P. The standard InChI is InChI=1S/C8H18O5.CH5O3P/c9-1-3-11-5-7-13-8-6-12-4-2-10;1-4-5(2)3/h9-10H,1-8H2;5H,1H3,(H,2,3). The third-order valence-corrected chi connectivity index (χ3v) is 1.74. The van der Waals surface area contributed by atoms with Crippen molar-refractivity contribution in [2.75, 3.05) is 60.0 Å². The molecule has 9 heteroatoms. The van der Waals surface area contributed by atoms with Crippen LogP contribution in [-0.4, -0.2) is 75.1 Å². The lowest BCUT2D eigenvalue weighted by Crippen LogP contribution is -2.11. The van der Waals surface area contributed by atoms with Crippen molar-refractivity contribution in [3.63, 3.8) is 0 Å². The lowest BCUT2D eigenvalue weighted by molar-refractivity contribution is 0.00230. The third-order valence-electron chi connectivity index (χ3n) is 1.39. The third kappa shape index (κ3) is 25.0. The first-order chi connectivity index (χ1) is 8.68. The molecule has 0 saturated heterocycles. The van der Waals surface area contributed by atoms with Crippen LogP contribution in [0.4, 0.5) is 0 Å². The molecule has 18 heavy (non-hydrogen) atoms. The highest BCUT2D eigenvalue weighted by molar-refractivity contribution is 7.32. The molecule has 0 aromatic carbocycles. The van der Waals surface area contributed by atoms with Crippen LogP contribution in [0.1, 0.15) is 0 Å². The van der Waals surface area contributed by atoms with Crippen molar-refractivity contribution in [1.82, 2.24) is 0 Å². The molecule has 0 aromatic heterocycles. The van der Waals surface area contributed by atoms with Gasteiger partial charge in [-0.3, -0.25) is 4.57 Å². The second-order valence-electron chi connectivity index (χ2n) is 2.75. The summed E-state index contributed by atoms with van der Waals surface area (Å²) >= 11 is 0. The van der Waals surface area contributed by atoms with Crippen LogP contribution in [0.3, 0.4) is 0 Å². The maximum atomic E-state index is 9.33. The summed E-state index contributed by atoms with van der Waals surface area (Å²) in [6.07, 6.45) is 0. The first-order valence-electron chi connectivity index (χ1n) is 5.40. The Kier molecular flexibility index (Phi) is 21.7. The summed E-state index contributed by atoms with van der Waals surface area (Å²) in [5.74, 6) is 0. The summed E-state index contributed by atoms with van der Waals surface area (Å²) in [6, 6.07) is 0. The molecule has 0 aliphatic carbocycles. The van der Waals surface area contributed by atoms with Crippen LogP contribution in [0.25, 0.3) is 0 Å². The first kappa shape index (κ1) is 20.3. The van der Waals surface area contributed by atoms with Crippen molar-refractivity contribution in [3.8, 4) is 0 Å². The van der Waals surface area contributed by atoms with Gasteiger partial charge in [-0.05, 0) is 0 Å². The van der Waals surface area contributed by atoms with E-state index < -0.39 is 8.25 Å². The summed E-state index contributed by atoms with van der Waals surface area (Å²) < 4.78 is 28.2. The monoisotopic (exact) mass is 290 g/mol. The molecule has 0 radical (unpaired) electrons. The van der Waals surface area contributed by atoms with Gasteiger partial charge in [0, 0.05) is 7.11 Å². The molecule has 112 valence electrons. The normalized spacial score (nSPS) is 11.8. The summed E-state index contributed by atoms with van der Waals surface area (Å²) in [5.41, 5.74) is 0. The minimum Gasteiger partial charge on any atom is -0.394 e. The Balaban J connectivity index is 0. The molecule has 0 amide bonds. The van der Waals surface area contributed by atoms with Crippen molar-refractivity contribution >= 4 is 8.25 Å². The Bertz CT molecular complexity index is 159. The fourth-order valence-electron chi connectivity index (χ4n) is 0.671. The van der Waals surface area contributed by atoms with Crippen LogP contribution in [0.5, 0.6) is 0 Å². The SMILES string of the molecule is CO[PH](=O)O.OCCOCCOCCOCCO. The molecule has 0 rings (SSSR count). The van der Waals surface area contributed by atoms with Crippen molar-refractivity contribution in [1.29, 1.82) is 0 Å². The van der Waals surface area contributed by atoms with Crippen molar-refractivity contribution < 1.29 is 38.4 Å². The van der Waals surface area contributed by atoms with E-state index in [-0.39, 0.29) is 13.2 Å². The highest BCUT2D eigenvalue weighted by Gasteiger charge is 1.89. The summed E-state index contributed by atoms with van der Waals surface area (Å²) in [7, 11) is -1.44. The molecule has 3 N–H and O–H groups in total. The molecule has 1 atom stereocenters. The second kappa shape index (κ2) is 19.3. The minimum atomic E-state index is -2.62. The van der Waals surface area contributed by atoms with Gasteiger partial charge in [-0.1, -0.05) is 0 Å². The van der Waals surface area contributed by atoms with Gasteiger partial charge in [0.2, 0.25) is 0 Å². The summed E-state index contributed by atoms with van der Waals surface area (Å²) in [6.45, 7) is 2.76. The van der Waals surface area contributed by atoms with Gasteiger partial charge in [0.15, 0.2) is 0 Å². The smallest absolute Gasteiger partial charge is 0.316 e. The average Bonchev–Trinajstić information content (AvgIpc) is 2.37. The van der Waals surface area contributed by atoms with Gasteiger partial charge in [-0.25, -0.2) is 0 Å². The molecule has 8 nitrogen and oxygen atoms in total. The molecule has 1 unspecified atom stereocenters. The number of rotatable bonds is 11. The van der Waals surface area contributed by atoms with Gasteiger partial charge < -0.3 is 33.8 Å². The maximum Gasteiger partial charge on any atom is 0.316 e. The van der Waals surface area contributed by atoms with E-state index >= 15 is 0 Å². The molecule has 0 heterocycles. The van der Waals surface area contributed by atoms with Gasteiger partial charge in [0.25, 0.3) is 0 Å². The van der Waals surface area contributed by atoms with Crippen LogP contribution in [-0.2, 0) is 23.3 Å². The van der Waals surface area contributed by atoms with E-state index in [1.807, 2.05) is 0 Å². The van der Waals surface area contributed by atoms with E-state index in [4.69, 9.17) is 29.3 Å². The fourth-order valence-corrected chi connectivity index (χ4v) is 0.671. The highest BCUT2D eigenvalue weighted by atomic mass is 31.1. The zero-order valence-electron chi connectivity index (χ0n) is 10.5. The Morgan fingerprint density at radius 2 is 1.11 bits per heavy atom. The number of hydrogen-bond donors (Lipinski definition) is 3. The number of hydrogen-bond acceptors (Lipinski definition) is 7. The zero-order chi connectivity index (χ0) is 14.1. The average molecular weight is 290 g/mol. The Labute approximate surface area is 107 Å². The predicted molar refractivity (Wildman–Crippen MR) is 64.9 cm³/mol. The van der Waals surface area contributed by atoms with Crippen molar-refractivity contribution in [2.24, 2.45) is 0 Å². The predicted octanol–water partition coefficient (Wildman–Crippen LogP) is -0.964. The van der Waals surface area contributed by atoms with Crippen LogP contribution in [0.15, 0.2) is 0 Å². The maximum absolute atomic E-state index is 9.33. The molecule has 0 aromatic rings. The summed E-state index contributed by atoms with van der Waals surface area (Å²) in [5, 5.41) is 16.7. The molecule has 0 fully saturated rings. The largest absolute Gasteiger partial charge is 0.394 e. The van der Waals surface area contributed by atoms with Gasteiger partial charge >= 0.3 is 8.25 Å². The number of ether oxygens (including phenoxy) is 3. The lowest BCUT2D eigenvalue weighted by atomic mass is 10.7. The zero-order valence-corrected chi connectivity index (χ0v) is 11.5. The molecule has 0 aliphatic rings. The first-order valence-corrected chi connectivity index (χ1v) is 6.67. The molecule has 0 bridgehead atoms. The van der Waals surface area contributed by atoms with Crippen LogP contribution >= 0.6 is 8.25 Å². The molecule has 0 spiro atoms. The van der Waals surface area contributed by atoms with E-state index in [0.717, 1.165) is 0 Å². The van der Waals surface area contributed by atoms with Gasteiger partial charge in [0.1, 0.15) is 0 Å². The van der Waals surface area contributed by atoms with Crippen molar-refractivity contribution in [2.45, 2.75) is 0 Å². The van der Waals surface area contributed by atoms with E-state index in [1.54, 1.807) is 0 Å². The lowest BCUT2D eigenvalue weighted by Gasteiger charge is -2.04. The Hall–Kier alpha value is -0.0500. The van der Waals surface area contributed by atoms with Crippen molar-refractivity contribution in [3.05, 3.63) is 0 Å². The van der Waals surface area contributed by atoms with E-state index in [2.05, 4.69) is 4.52 Å².